The molecule has 3 fully saturated rings. The second kappa shape index (κ2) is 9.23. The summed E-state index contributed by atoms with van der Waals surface area (Å²) in [5.74, 6) is -1.62. The lowest BCUT2D eigenvalue weighted by Crippen LogP contribution is -2.64. The molecular formula is C29H40O7. The van der Waals surface area contributed by atoms with E-state index in [9.17, 15) is 24.3 Å². The van der Waals surface area contributed by atoms with Crippen LogP contribution in [0.1, 0.15) is 73.6 Å². The summed E-state index contributed by atoms with van der Waals surface area (Å²) < 4.78 is 11.3. The SMILES string of the molecule is CCCC(=O)O[C@]1(C(=O)COC(C)=O)[C@@H](C)C[C@H]2[C@@H]3C[C@H](C)C4=CC(=O)C=C[C@]4(C)[C@H]3[C@@H](O)C[C@@]21C. The van der Waals surface area contributed by atoms with E-state index in [1.54, 1.807) is 12.2 Å². The highest BCUT2D eigenvalue weighted by Crippen LogP contribution is 2.69. The predicted octanol–water partition coefficient (Wildman–Crippen LogP) is 3.97. The van der Waals surface area contributed by atoms with Gasteiger partial charge in [-0.3, -0.25) is 19.2 Å². The highest BCUT2D eigenvalue weighted by Gasteiger charge is 2.73. The molecule has 7 heteroatoms. The Morgan fingerprint density at radius 2 is 1.86 bits per heavy atom. The summed E-state index contributed by atoms with van der Waals surface area (Å²) in [5.41, 5.74) is -1.69. The number of hydrogen-bond donors (Lipinski definition) is 1. The highest BCUT2D eigenvalue weighted by molar-refractivity contribution is 6.01. The molecule has 0 spiro atoms. The summed E-state index contributed by atoms with van der Waals surface area (Å²) in [7, 11) is 0. The molecule has 4 aliphatic carbocycles. The molecule has 36 heavy (non-hydrogen) atoms. The van der Waals surface area contributed by atoms with E-state index >= 15 is 0 Å². The number of ether oxygens (including phenoxy) is 2. The third-order valence-electron chi connectivity index (χ3n) is 9.91. The van der Waals surface area contributed by atoms with Crippen molar-refractivity contribution in [3.8, 4) is 0 Å². The molecule has 3 saturated carbocycles. The number of esters is 2. The molecule has 0 heterocycles. The van der Waals surface area contributed by atoms with Crippen molar-refractivity contribution in [2.45, 2.75) is 85.4 Å². The number of aliphatic hydroxyl groups excluding tert-OH is 1. The zero-order chi connectivity index (χ0) is 26.6. The standard InChI is InChI=1S/C29H40O7/c1-7-8-25(34)36-29(24(33)15-35-18(4)30)17(3)12-22-20-11-16(2)21-13-19(31)9-10-27(21,5)26(20)23(32)14-28(22,29)6/h9-10,13,16-17,20,22-23,26,32H,7-8,11-12,14-15H2,1-6H3/t16-,17-,20-,22-,23-,26+,27-,28-,29-/m0/s1. The molecule has 0 aromatic heterocycles. The summed E-state index contributed by atoms with van der Waals surface area (Å²) >= 11 is 0. The molecule has 0 saturated heterocycles. The van der Waals surface area contributed by atoms with E-state index in [1.165, 1.54) is 6.92 Å². The smallest absolute Gasteiger partial charge is 0.306 e. The van der Waals surface area contributed by atoms with Gasteiger partial charge in [0.25, 0.3) is 0 Å². The maximum absolute atomic E-state index is 13.8. The number of aliphatic hydroxyl groups is 1. The van der Waals surface area contributed by atoms with Gasteiger partial charge in [-0.1, -0.05) is 46.3 Å². The molecule has 1 N–H and O–H groups in total. The van der Waals surface area contributed by atoms with Gasteiger partial charge in [-0.2, -0.15) is 0 Å². The Morgan fingerprint density at radius 3 is 2.50 bits per heavy atom. The van der Waals surface area contributed by atoms with E-state index in [0.717, 1.165) is 12.0 Å². The largest absolute Gasteiger partial charge is 0.458 e. The Labute approximate surface area is 213 Å². The van der Waals surface area contributed by atoms with Crippen molar-refractivity contribution in [1.82, 2.24) is 0 Å². The van der Waals surface area contributed by atoms with E-state index in [1.807, 2.05) is 26.8 Å². The third-order valence-corrected chi connectivity index (χ3v) is 9.91. The Bertz CT molecular complexity index is 1030. The molecule has 0 radical (unpaired) electrons. The second-order valence-electron chi connectivity index (χ2n) is 12.0. The van der Waals surface area contributed by atoms with E-state index in [2.05, 4.69) is 13.8 Å². The Morgan fingerprint density at radius 1 is 1.17 bits per heavy atom. The van der Waals surface area contributed by atoms with Crippen LogP contribution < -0.4 is 0 Å². The minimum absolute atomic E-state index is 0.0171. The van der Waals surface area contributed by atoms with E-state index in [4.69, 9.17) is 9.47 Å². The number of hydrogen-bond acceptors (Lipinski definition) is 7. The van der Waals surface area contributed by atoms with Crippen LogP contribution in [0.5, 0.6) is 0 Å². The number of fused-ring (bicyclic) bond motifs is 5. The normalized spacial score (nSPS) is 43.1. The number of rotatable bonds is 6. The maximum atomic E-state index is 13.8. The van der Waals surface area contributed by atoms with Crippen molar-refractivity contribution < 1.29 is 33.8 Å². The Kier molecular flexibility index (Phi) is 6.87. The average Bonchev–Trinajstić information content (AvgIpc) is 3.00. The molecule has 4 aliphatic rings. The summed E-state index contributed by atoms with van der Waals surface area (Å²) in [6, 6.07) is 0. The zero-order valence-corrected chi connectivity index (χ0v) is 22.3. The molecule has 0 amide bonds. The highest BCUT2D eigenvalue weighted by atomic mass is 16.6. The second-order valence-corrected chi connectivity index (χ2v) is 12.0. The number of Topliss-reactive ketones (excluding diaryl/α,β-unsaturated/α-hetero) is 1. The van der Waals surface area contributed by atoms with Gasteiger partial charge in [0, 0.05) is 36.0 Å². The molecule has 7 nitrogen and oxygen atoms in total. The fraction of sp³-hybridized carbons (Fsp3) is 0.724. The first-order valence-corrected chi connectivity index (χ1v) is 13.3. The first-order chi connectivity index (χ1) is 16.8. The van der Waals surface area contributed by atoms with Crippen molar-refractivity contribution in [3.63, 3.8) is 0 Å². The number of carbonyl (C=O) groups excluding carboxylic acids is 4. The van der Waals surface area contributed by atoms with Gasteiger partial charge in [-0.15, -0.1) is 0 Å². The fourth-order valence-corrected chi connectivity index (χ4v) is 8.64. The summed E-state index contributed by atoms with van der Waals surface area (Å²) in [6.45, 7) is 10.8. The number of carbonyl (C=O) groups is 4. The van der Waals surface area contributed by atoms with Crippen molar-refractivity contribution in [2.24, 2.45) is 40.4 Å². The van der Waals surface area contributed by atoms with E-state index in [0.29, 0.717) is 12.8 Å². The lowest BCUT2D eigenvalue weighted by Gasteiger charge is -2.61. The zero-order valence-electron chi connectivity index (χ0n) is 22.3. The first kappa shape index (κ1) is 26.8. The van der Waals surface area contributed by atoms with E-state index in [-0.39, 0.29) is 48.2 Å². The molecule has 198 valence electrons. The van der Waals surface area contributed by atoms with Crippen LogP contribution in [0.4, 0.5) is 0 Å². The van der Waals surface area contributed by atoms with Crippen molar-refractivity contribution in [1.29, 1.82) is 0 Å². The van der Waals surface area contributed by atoms with Gasteiger partial charge >= 0.3 is 11.9 Å². The molecule has 0 bridgehead atoms. The van der Waals surface area contributed by atoms with Crippen LogP contribution in [-0.2, 0) is 28.7 Å². The molecule has 0 unspecified atom stereocenters. The maximum Gasteiger partial charge on any atom is 0.306 e. The third kappa shape index (κ3) is 3.80. The lowest BCUT2D eigenvalue weighted by molar-refractivity contribution is -0.207. The van der Waals surface area contributed by atoms with Crippen LogP contribution in [0.25, 0.3) is 0 Å². The van der Waals surface area contributed by atoms with E-state index < -0.39 is 46.9 Å². The van der Waals surface area contributed by atoms with Crippen molar-refractivity contribution >= 4 is 23.5 Å². The van der Waals surface area contributed by atoms with Crippen LogP contribution in [0.3, 0.4) is 0 Å². The molecule has 9 atom stereocenters. The van der Waals surface area contributed by atoms with Crippen LogP contribution in [0.2, 0.25) is 0 Å². The molecule has 0 aromatic rings. The average molecular weight is 501 g/mol. The van der Waals surface area contributed by atoms with Crippen LogP contribution in [-0.4, -0.2) is 46.9 Å². The minimum Gasteiger partial charge on any atom is -0.458 e. The molecule has 0 aliphatic heterocycles. The van der Waals surface area contributed by atoms with Crippen LogP contribution >= 0.6 is 0 Å². The Balaban J connectivity index is 1.79. The molecule has 0 aromatic carbocycles. The monoisotopic (exact) mass is 500 g/mol. The van der Waals surface area contributed by atoms with Gasteiger partial charge in [-0.05, 0) is 55.6 Å². The van der Waals surface area contributed by atoms with Gasteiger partial charge in [0.1, 0.15) is 0 Å². The molecule has 4 rings (SSSR count). The van der Waals surface area contributed by atoms with Crippen LogP contribution in [0.15, 0.2) is 23.8 Å². The summed E-state index contributed by atoms with van der Waals surface area (Å²) in [4.78, 5) is 50.5. The van der Waals surface area contributed by atoms with Crippen LogP contribution in [0, 0.1) is 40.4 Å². The van der Waals surface area contributed by atoms with Gasteiger partial charge < -0.3 is 14.6 Å². The summed E-state index contributed by atoms with van der Waals surface area (Å²) in [6.07, 6.45) is 7.06. The first-order valence-electron chi connectivity index (χ1n) is 13.3. The van der Waals surface area contributed by atoms with Gasteiger partial charge in [0.2, 0.25) is 5.78 Å². The minimum atomic E-state index is -1.48. The summed E-state index contributed by atoms with van der Waals surface area (Å²) in [5, 5.41) is 11.7. The van der Waals surface area contributed by atoms with Crippen molar-refractivity contribution in [2.75, 3.05) is 6.61 Å². The Hall–Kier alpha value is -2.28. The molecular weight excluding hydrogens is 460 g/mol. The number of ketones is 2. The predicted molar refractivity (Wildman–Crippen MR) is 132 cm³/mol. The van der Waals surface area contributed by atoms with Gasteiger partial charge in [-0.25, -0.2) is 0 Å². The fourth-order valence-electron chi connectivity index (χ4n) is 8.64. The van der Waals surface area contributed by atoms with Gasteiger partial charge in [0.15, 0.2) is 18.0 Å². The van der Waals surface area contributed by atoms with Crippen molar-refractivity contribution in [3.05, 3.63) is 23.8 Å². The topological polar surface area (TPSA) is 107 Å². The van der Waals surface area contributed by atoms with Gasteiger partial charge in [0.05, 0.1) is 6.10 Å². The lowest BCUT2D eigenvalue weighted by atomic mass is 9.44. The number of allylic oxidation sites excluding steroid dienone is 4. The quantitative estimate of drug-likeness (QED) is 0.550.